The number of nitrogens with one attached hydrogen (secondary N) is 1. The molecule has 1 aromatic carbocycles. The maximum atomic E-state index is 13.2. The molecule has 1 N–H and O–H groups in total. The lowest BCUT2D eigenvalue weighted by molar-refractivity contribution is 0.592. The predicted octanol–water partition coefficient (Wildman–Crippen LogP) is 4.81. The number of likely N-dealkylation sites (N-methyl/N-ethyl adjacent to an activating group) is 1. The van der Waals surface area contributed by atoms with E-state index in [9.17, 15) is 4.39 Å². The van der Waals surface area contributed by atoms with Crippen molar-refractivity contribution in [3.05, 3.63) is 55.4 Å². The van der Waals surface area contributed by atoms with E-state index in [4.69, 9.17) is 11.6 Å². The first kappa shape index (κ1) is 14.0. The second kappa shape index (κ2) is 6.15. The van der Waals surface area contributed by atoms with E-state index in [1.165, 1.54) is 17.0 Å². The van der Waals surface area contributed by atoms with Crippen LogP contribution in [0.2, 0.25) is 5.02 Å². The van der Waals surface area contributed by atoms with Crippen molar-refractivity contribution in [2.75, 3.05) is 7.05 Å². The van der Waals surface area contributed by atoms with Gasteiger partial charge in [0.05, 0.1) is 3.79 Å². The number of hydrogen-bond donors (Lipinski definition) is 1. The first-order chi connectivity index (χ1) is 8.60. The minimum Gasteiger partial charge on any atom is -0.312 e. The Morgan fingerprint density at radius 1 is 1.39 bits per heavy atom. The second-order valence-corrected chi connectivity index (χ2v) is 6.82. The molecule has 0 aliphatic heterocycles. The van der Waals surface area contributed by atoms with Crippen LogP contribution in [-0.4, -0.2) is 7.05 Å². The van der Waals surface area contributed by atoms with E-state index in [0.29, 0.717) is 11.4 Å². The van der Waals surface area contributed by atoms with Gasteiger partial charge in [0.1, 0.15) is 5.82 Å². The summed E-state index contributed by atoms with van der Waals surface area (Å²) in [6.07, 6.45) is 0.667. The van der Waals surface area contributed by atoms with Crippen molar-refractivity contribution in [1.29, 1.82) is 0 Å². The molecule has 1 heterocycles. The maximum absolute atomic E-state index is 13.2. The summed E-state index contributed by atoms with van der Waals surface area (Å²) in [5.74, 6) is -0.253. The van der Waals surface area contributed by atoms with E-state index in [1.54, 1.807) is 17.4 Å². The molecule has 1 unspecified atom stereocenters. The molecule has 96 valence electrons. The molecule has 0 aliphatic carbocycles. The van der Waals surface area contributed by atoms with Crippen molar-refractivity contribution in [1.82, 2.24) is 5.32 Å². The lowest BCUT2D eigenvalue weighted by Crippen LogP contribution is -2.17. The van der Waals surface area contributed by atoms with Gasteiger partial charge in [-0.1, -0.05) is 11.6 Å². The summed E-state index contributed by atoms with van der Waals surface area (Å²) >= 11 is 11.2. The summed E-state index contributed by atoms with van der Waals surface area (Å²) in [5.41, 5.74) is 0.820. The molecular weight excluding hydrogens is 337 g/mol. The van der Waals surface area contributed by atoms with Gasteiger partial charge >= 0.3 is 0 Å². The van der Waals surface area contributed by atoms with Gasteiger partial charge in [0.25, 0.3) is 0 Å². The molecule has 0 amide bonds. The van der Waals surface area contributed by atoms with Gasteiger partial charge in [-0.15, -0.1) is 11.3 Å². The first-order valence-corrected chi connectivity index (χ1v) is 7.45. The molecule has 0 fully saturated rings. The quantitative estimate of drug-likeness (QED) is 0.836. The van der Waals surface area contributed by atoms with Crippen molar-refractivity contribution in [3.63, 3.8) is 0 Å². The SMILES string of the molecule is CNC(Cc1cc(F)ccc1Cl)c1ccc(Br)s1. The number of hydrogen-bond acceptors (Lipinski definition) is 2. The average Bonchev–Trinajstić information content (AvgIpc) is 2.77. The highest BCUT2D eigenvalue weighted by atomic mass is 79.9. The van der Waals surface area contributed by atoms with Crippen molar-refractivity contribution in [2.45, 2.75) is 12.5 Å². The van der Waals surface area contributed by atoms with E-state index in [0.717, 1.165) is 9.35 Å². The Morgan fingerprint density at radius 3 is 2.78 bits per heavy atom. The minimum atomic E-state index is -0.253. The monoisotopic (exact) mass is 347 g/mol. The normalized spacial score (nSPS) is 12.7. The zero-order chi connectivity index (χ0) is 13.1. The van der Waals surface area contributed by atoms with E-state index < -0.39 is 0 Å². The Kier molecular flexibility index (Phi) is 4.78. The third-order valence-corrected chi connectivity index (χ3v) is 4.82. The lowest BCUT2D eigenvalue weighted by Gasteiger charge is -2.15. The van der Waals surface area contributed by atoms with Crippen LogP contribution in [0.15, 0.2) is 34.1 Å². The van der Waals surface area contributed by atoms with E-state index >= 15 is 0 Å². The van der Waals surface area contributed by atoms with Crippen LogP contribution in [-0.2, 0) is 6.42 Å². The van der Waals surface area contributed by atoms with Gasteiger partial charge in [-0.2, -0.15) is 0 Å². The van der Waals surface area contributed by atoms with Gasteiger partial charge in [0.15, 0.2) is 0 Å². The smallest absolute Gasteiger partial charge is 0.123 e. The molecule has 0 spiro atoms. The molecule has 1 nitrogen and oxygen atoms in total. The fourth-order valence-corrected chi connectivity index (χ4v) is 3.51. The summed E-state index contributed by atoms with van der Waals surface area (Å²) in [7, 11) is 1.89. The molecular formula is C13H12BrClFNS. The molecule has 0 saturated heterocycles. The summed E-state index contributed by atoms with van der Waals surface area (Å²) in [6, 6.07) is 8.68. The van der Waals surface area contributed by atoms with Crippen LogP contribution in [0.1, 0.15) is 16.5 Å². The van der Waals surface area contributed by atoms with E-state index in [2.05, 4.69) is 27.3 Å². The highest BCUT2D eigenvalue weighted by Gasteiger charge is 2.14. The number of rotatable bonds is 4. The summed E-state index contributed by atoms with van der Waals surface area (Å²) in [6.45, 7) is 0. The van der Waals surface area contributed by atoms with Gasteiger partial charge in [0, 0.05) is 15.9 Å². The Labute approximate surface area is 123 Å². The molecule has 0 aliphatic rings. The van der Waals surface area contributed by atoms with Crippen molar-refractivity contribution in [2.24, 2.45) is 0 Å². The number of thiophene rings is 1. The van der Waals surface area contributed by atoms with Crippen LogP contribution in [0.3, 0.4) is 0 Å². The van der Waals surface area contributed by atoms with Gasteiger partial charge in [-0.05, 0) is 65.3 Å². The van der Waals surface area contributed by atoms with Crippen molar-refractivity contribution in [3.8, 4) is 0 Å². The summed E-state index contributed by atoms with van der Waals surface area (Å²) in [4.78, 5) is 1.20. The molecule has 1 aromatic heterocycles. The zero-order valence-corrected chi connectivity index (χ0v) is 12.9. The molecule has 2 aromatic rings. The van der Waals surface area contributed by atoms with Crippen LogP contribution >= 0.6 is 38.9 Å². The van der Waals surface area contributed by atoms with Crippen LogP contribution in [0.25, 0.3) is 0 Å². The van der Waals surface area contributed by atoms with Gasteiger partial charge in [-0.25, -0.2) is 4.39 Å². The average molecular weight is 349 g/mol. The molecule has 0 radical (unpaired) electrons. The van der Waals surface area contributed by atoms with Crippen molar-refractivity contribution < 1.29 is 4.39 Å². The third-order valence-electron chi connectivity index (χ3n) is 2.72. The molecule has 1 atom stereocenters. The van der Waals surface area contributed by atoms with Crippen LogP contribution in [0, 0.1) is 5.82 Å². The van der Waals surface area contributed by atoms with Crippen LogP contribution in [0.5, 0.6) is 0 Å². The molecule has 0 bridgehead atoms. The number of halogens is 3. The largest absolute Gasteiger partial charge is 0.312 e. The Morgan fingerprint density at radius 2 is 2.17 bits per heavy atom. The van der Waals surface area contributed by atoms with Gasteiger partial charge in [-0.3, -0.25) is 0 Å². The maximum Gasteiger partial charge on any atom is 0.123 e. The molecule has 2 rings (SSSR count). The van der Waals surface area contributed by atoms with E-state index in [1.807, 2.05) is 13.1 Å². The predicted molar refractivity (Wildman–Crippen MR) is 78.9 cm³/mol. The number of benzene rings is 1. The zero-order valence-electron chi connectivity index (χ0n) is 9.71. The second-order valence-electron chi connectivity index (χ2n) is 3.92. The summed E-state index contributed by atoms with van der Waals surface area (Å²) in [5, 5.41) is 3.84. The van der Waals surface area contributed by atoms with Gasteiger partial charge in [0.2, 0.25) is 0 Å². The standard InChI is InChI=1S/C13H12BrClFNS/c1-17-11(12-4-5-13(14)18-12)7-8-6-9(16)2-3-10(8)15/h2-6,11,17H,7H2,1H3. The molecule has 5 heteroatoms. The highest BCUT2D eigenvalue weighted by Crippen LogP contribution is 2.30. The van der Waals surface area contributed by atoms with Crippen LogP contribution in [0.4, 0.5) is 4.39 Å². The summed E-state index contributed by atoms with van der Waals surface area (Å²) < 4.78 is 14.3. The van der Waals surface area contributed by atoms with Crippen LogP contribution < -0.4 is 5.32 Å². The first-order valence-electron chi connectivity index (χ1n) is 5.46. The Balaban J connectivity index is 2.22. The Hall–Kier alpha value is -0.420. The third kappa shape index (κ3) is 3.32. The minimum absolute atomic E-state index is 0.139. The van der Waals surface area contributed by atoms with E-state index in [-0.39, 0.29) is 11.9 Å². The highest BCUT2D eigenvalue weighted by molar-refractivity contribution is 9.11. The van der Waals surface area contributed by atoms with Gasteiger partial charge < -0.3 is 5.32 Å². The fourth-order valence-electron chi connectivity index (χ4n) is 1.78. The topological polar surface area (TPSA) is 12.0 Å². The molecule has 18 heavy (non-hydrogen) atoms. The molecule has 0 saturated carbocycles. The lowest BCUT2D eigenvalue weighted by atomic mass is 10.0. The van der Waals surface area contributed by atoms with Crippen molar-refractivity contribution >= 4 is 38.9 Å². The Bertz CT molecular complexity index is 544. The fraction of sp³-hybridized carbons (Fsp3) is 0.231.